The Morgan fingerprint density at radius 1 is 1.20 bits per heavy atom. The summed E-state index contributed by atoms with van der Waals surface area (Å²) in [5, 5.41) is 0. The summed E-state index contributed by atoms with van der Waals surface area (Å²) in [6, 6.07) is 12.9. The van der Waals surface area contributed by atoms with Crippen molar-refractivity contribution in [1.29, 1.82) is 0 Å². The third-order valence-corrected chi connectivity index (χ3v) is 7.47. The molecular formula is C23H29NO4SSi. The lowest BCUT2D eigenvalue weighted by molar-refractivity contribution is 0.0436. The summed E-state index contributed by atoms with van der Waals surface area (Å²) in [5.41, 5.74) is 3.24. The van der Waals surface area contributed by atoms with Gasteiger partial charge in [0, 0.05) is 44.0 Å². The van der Waals surface area contributed by atoms with Crippen LogP contribution in [0.3, 0.4) is 0 Å². The number of nitrogens with zero attached hydrogens (tertiary/aromatic N) is 1. The molecule has 0 fully saturated rings. The zero-order chi connectivity index (χ0) is 21.6. The molecule has 2 aromatic carbocycles. The van der Waals surface area contributed by atoms with Crippen molar-refractivity contribution >= 4 is 37.7 Å². The number of thioether (sulfide) groups is 1. The number of methoxy groups -OCH3 is 1. The van der Waals surface area contributed by atoms with Crippen molar-refractivity contribution in [3.8, 4) is 5.75 Å². The smallest absolute Gasteiger partial charge is 0.342 e. The van der Waals surface area contributed by atoms with E-state index < -0.39 is 8.07 Å². The number of benzene rings is 2. The van der Waals surface area contributed by atoms with Crippen LogP contribution in [0.2, 0.25) is 25.7 Å². The molecule has 1 aliphatic rings. The van der Waals surface area contributed by atoms with Crippen LogP contribution >= 0.6 is 11.8 Å². The van der Waals surface area contributed by atoms with Crippen molar-refractivity contribution in [2.75, 3.05) is 20.5 Å². The van der Waals surface area contributed by atoms with Crippen molar-refractivity contribution < 1.29 is 19.0 Å². The number of fused-ring (bicyclic) bond motifs is 1. The summed E-state index contributed by atoms with van der Waals surface area (Å²) in [5.74, 6) is 0.752. The first-order valence-electron chi connectivity index (χ1n) is 10.1. The molecule has 3 rings (SSSR count). The monoisotopic (exact) mass is 443 g/mol. The van der Waals surface area contributed by atoms with E-state index in [-0.39, 0.29) is 12.8 Å². The largest absolute Gasteiger partial charge is 0.467 e. The Morgan fingerprint density at radius 2 is 1.97 bits per heavy atom. The number of rotatable bonds is 10. The van der Waals surface area contributed by atoms with E-state index in [1.807, 2.05) is 30.5 Å². The molecular weight excluding hydrogens is 414 g/mol. The molecule has 0 bridgehead atoms. The molecule has 0 amide bonds. The standard InChI is InChI=1S/C23H29NO4SSi/c1-26-16-28-20-14-17-10-11-24-22(17)19(15-29-18-8-6-5-7-9-18)21(20)23(25)27-12-13-30(2,3)4/h5-9,11,14H,10,12-13,15-16H2,1-4H3. The predicted octanol–water partition coefficient (Wildman–Crippen LogP) is 5.72. The number of esters is 1. The Balaban J connectivity index is 1.93. The first-order valence-corrected chi connectivity index (χ1v) is 14.8. The molecule has 30 heavy (non-hydrogen) atoms. The van der Waals surface area contributed by atoms with Crippen molar-refractivity contribution in [2.24, 2.45) is 4.99 Å². The maximum absolute atomic E-state index is 13.2. The lowest BCUT2D eigenvalue weighted by Crippen LogP contribution is -2.23. The molecule has 0 aliphatic carbocycles. The minimum Gasteiger partial charge on any atom is -0.467 e. The number of carbonyl (C=O) groups excluding carboxylic acids is 1. The van der Waals surface area contributed by atoms with Gasteiger partial charge < -0.3 is 14.2 Å². The van der Waals surface area contributed by atoms with E-state index in [1.54, 1.807) is 18.9 Å². The molecule has 0 saturated carbocycles. The minimum atomic E-state index is -1.31. The first-order chi connectivity index (χ1) is 14.4. The zero-order valence-corrected chi connectivity index (χ0v) is 19.9. The molecule has 0 saturated heterocycles. The summed E-state index contributed by atoms with van der Waals surface area (Å²) in [6.07, 6.45) is 2.61. The maximum atomic E-state index is 13.2. The topological polar surface area (TPSA) is 57.1 Å². The molecule has 0 spiro atoms. The van der Waals surface area contributed by atoms with Gasteiger partial charge in [0.25, 0.3) is 0 Å². The molecule has 5 nitrogen and oxygen atoms in total. The van der Waals surface area contributed by atoms with Crippen LogP contribution < -0.4 is 4.74 Å². The van der Waals surface area contributed by atoms with Crippen molar-refractivity contribution in [2.45, 2.75) is 42.8 Å². The van der Waals surface area contributed by atoms with Gasteiger partial charge in [-0.05, 0) is 29.8 Å². The third-order valence-electron chi connectivity index (χ3n) is 4.72. The fraction of sp³-hybridized carbons (Fsp3) is 0.391. The lowest BCUT2D eigenvalue weighted by Gasteiger charge is -2.19. The van der Waals surface area contributed by atoms with Gasteiger partial charge in [-0.25, -0.2) is 4.79 Å². The molecule has 2 aromatic rings. The van der Waals surface area contributed by atoms with Crippen molar-refractivity contribution in [1.82, 2.24) is 0 Å². The SMILES string of the molecule is COCOc1cc2c(c(CSc3ccccc3)c1C(=O)OCC[Si](C)(C)C)N=CC2. The molecule has 0 aromatic heterocycles. The van der Waals surface area contributed by atoms with E-state index in [4.69, 9.17) is 14.2 Å². The molecule has 1 aliphatic heterocycles. The highest BCUT2D eigenvalue weighted by atomic mass is 32.2. The summed E-state index contributed by atoms with van der Waals surface area (Å²) < 4.78 is 16.6. The van der Waals surface area contributed by atoms with E-state index in [0.717, 1.165) is 34.2 Å². The van der Waals surface area contributed by atoms with E-state index in [9.17, 15) is 4.79 Å². The highest BCUT2D eigenvalue weighted by Crippen LogP contribution is 2.41. The zero-order valence-electron chi connectivity index (χ0n) is 18.1. The van der Waals surface area contributed by atoms with Gasteiger partial charge in [0.05, 0.1) is 12.3 Å². The van der Waals surface area contributed by atoms with Gasteiger partial charge in [0.1, 0.15) is 11.3 Å². The van der Waals surface area contributed by atoms with Crippen molar-refractivity contribution in [3.63, 3.8) is 0 Å². The van der Waals surface area contributed by atoms with Crippen LogP contribution in [0.1, 0.15) is 21.5 Å². The maximum Gasteiger partial charge on any atom is 0.342 e. The quantitative estimate of drug-likeness (QED) is 0.204. The van der Waals surface area contributed by atoms with Crippen LogP contribution in [0.15, 0.2) is 46.3 Å². The van der Waals surface area contributed by atoms with Crippen LogP contribution in [0.4, 0.5) is 5.69 Å². The van der Waals surface area contributed by atoms with Crippen LogP contribution in [-0.2, 0) is 21.6 Å². The van der Waals surface area contributed by atoms with Gasteiger partial charge in [-0.2, -0.15) is 0 Å². The Labute approximate surface area is 183 Å². The van der Waals surface area contributed by atoms with Gasteiger partial charge in [-0.3, -0.25) is 4.99 Å². The first kappa shape index (κ1) is 22.6. The Morgan fingerprint density at radius 3 is 2.67 bits per heavy atom. The second-order valence-corrected chi connectivity index (χ2v) is 15.0. The fourth-order valence-corrected chi connectivity index (χ4v) is 4.76. The van der Waals surface area contributed by atoms with Crippen LogP contribution in [0.5, 0.6) is 5.75 Å². The molecule has 0 unspecified atom stereocenters. The van der Waals surface area contributed by atoms with Crippen LogP contribution in [0, 0.1) is 0 Å². The summed E-state index contributed by atoms with van der Waals surface area (Å²) in [6.45, 7) is 7.28. The van der Waals surface area contributed by atoms with E-state index in [0.29, 0.717) is 23.7 Å². The summed E-state index contributed by atoms with van der Waals surface area (Å²) in [4.78, 5) is 18.9. The van der Waals surface area contributed by atoms with Gasteiger partial charge in [-0.15, -0.1) is 11.8 Å². The van der Waals surface area contributed by atoms with Gasteiger partial charge >= 0.3 is 5.97 Å². The molecule has 0 radical (unpaired) electrons. The number of carbonyl (C=O) groups is 1. The predicted molar refractivity (Wildman–Crippen MR) is 125 cm³/mol. The second kappa shape index (κ2) is 10.3. The number of hydrogen-bond acceptors (Lipinski definition) is 6. The molecule has 1 heterocycles. The lowest BCUT2D eigenvalue weighted by atomic mass is 10.0. The molecule has 160 valence electrons. The summed E-state index contributed by atoms with van der Waals surface area (Å²) >= 11 is 1.67. The van der Waals surface area contributed by atoms with Gasteiger partial charge in [-0.1, -0.05) is 37.8 Å². The number of aliphatic imine (C=N–C) groups is 1. The highest BCUT2D eigenvalue weighted by molar-refractivity contribution is 7.98. The Bertz CT molecular complexity index is 910. The summed E-state index contributed by atoms with van der Waals surface area (Å²) in [7, 11) is 0.259. The Kier molecular flexibility index (Phi) is 7.74. The van der Waals surface area contributed by atoms with Gasteiger partial charge in [0.15, 0.2) is 6.79 Å². The number of hydrogen-bond donors (Lipinski definition) is 0. The fourth-order valence-electron chi connectivity index (χ4n) is 3.11. The van der Waals surface area contributed by atoms with Crippen LogP contribution in [-0.4, -0.2) is 40.8 Å². The molecule has 7 heteroatoms. The third kappa shape index (κ3) is 5.96. The normalized spacial score (nSPS) is 12.7. The van der Waals surface area contributed by atoms with E-state index in [1.165, 1.54) is 0 Å². The van der Waals surface area contributed by atoms with E-state index in [2.05, 4.69) is 36.8 Å². The van der Waals surface area contributed by atoms with Crippen molar-refractivity contribution in [3.05, 3.63) is 53.1 Å². The average Bonchev–Trinajstić information content (AvgIpc) is 3.18. The van der Waals surface area contributed by atoms with E-state index >= 15 is 0 Å². The Hall–Kier alpha value is -2.09. The van der Waals surface area contributed by atoms with Crippen LogP contribution in [0.25, 0.3) is 0 Å². The molecule has 0 atom stereocenters. The molecule has 0 N–H and O–H groups in total. The minimum absolute atomic E-state index is 0.0695. The number of ether oxygens (including phenoxy) is 3. The average molecular weight is 444 g/mol. The highest BCUT2D eigenvalue weighted by Gasteiger charge is 2.27. The second-order valence-electron chi connectivity index (χ2n) is 8.35. The van der Waals surface area contributed by atoms with Gasteiger partial charge in [0.2, 0.25) is 0 Å².